The zero-order valence-corrected chi connectivity index (χ0v) is 6.37. The van der Waals surface area contributed by atoms with Crippen molar-refractivity contribution in [3.63, 3.8) is 0 Å². The summed E-state index contributed by atoms with van der Waals surface area (Å²) in [5.41, 5.74) is 0. The molecular weight excluding hydrogens is 187 g/mol. The fourth-order valence-electron chi connectivity index (χ4n) is 0.0833. The molecule has 2 unspecified atom stereocenters. The number of nitrogens with one attached hydrogen (secondary N) is 1. The minimum Gasteiger partial charge on any atom is -0.759 e. The minimum atomic E-state index is -2.56. The molecule has 0 aromatic heterocycles. The van der Waals surface area contributed by atoms with Gasteiger partial charge in [0.25, 0.3) is 0 Å². The van der Waals surface area contributed by atoms with Gasteiger partial charge in [-0.15, -0.1) is 0 Å². The number of rotatable bonds is 3. The van der Waals surface area contributed by atoms with Gasteiger partial charge in [0, 0.05) is 11.3 Å². The van der Waals surface area contributed by atoms with E-state index >= 15 is 0 Å². The van der Waals surface area contributed by atoms with Gasteiger partial charge in [-0.3, -0.25) is 4.21 Å². The third-order valence-electron chi connectivity index (χ3n) is 0.223. The highest BCUT2D eigenvalue weighted by atomic mass is 32.2. The van der Waals surface area contributed by atoms with Crippen molar-refractivity contribution in [2.45, 2.75) is 0 Å². The smallest absolute Gasteiger partial charge is 0.118 e. The van der Waals surface area contributed by atoms with E-state index in [-0.39, 0.29) is 8.52 Å². The molecule has 0 aliphatic rings. The summed E-state index contributed by atoms with van der Waals surface area (Å²) in [4.78, 5) is 0. The SMILES string of the molecule is O=S([O-])N=PNS(=O)[O-]. The summed E-state index contributed by atoms with van der Waals surface area (Å²) in [6.07, 6.45) is 0. The van der Waals surface area contributed by atoms with Crippen LogP contribution in [0.15, 0.2) is 4.15 Å². The van der Waals surface area contributed by atoms with Gasteiger partial charge in [0.15, 0.2) is 0 Å². The molecule has 0 bridgehead atoms. The van der Waals surface area contributed by atoms with Gasteiger partial charge in [0.05, 0.1) is 11.3 Å². The molecule has 0 aliphatic carbocycles. The zero-order chi connectivity index (χ0) is 7.28. The molecular formula is HN2O4PS2-2. The van der Waals surface area contributed by atoms with Crippen LogP contribution in [0.4, 0.5) is 0 Å². The lowest BCUT2D eigenvalue weighted by Crippen LogP contribution is -2.01. The van der Waals surface area contributed by atoms with Crippen molar-refractivity contribution in [3.05, 3.63) is 0 Å². The van der Waals surface area contributed by atoms with Crippen molar-refractivity contribution < 1.29 is 17.5 Å². The molecule has 0 aromatic carbocycles. The normalized spacial score (nSPS) is 18.0. The molecule has 0 aromatic rings. The molecule has 0 heterocycles. The third kappa shape index (κ3) is 8.28. The number of nitrogens with zero attached hydrogens (tertiary/aromatic N) is 1. The second-order valence-electron chi connectivity index (χ2n) is 0.725. The number of hydrogen-bond donors (Lipinski definition) is 1. The molecule has 54 valence electrons. The summed E-state index contributed by atoms with van der Waals surface area (Å²) in [6.45, 7) is 0. The average molecular weight is 188 g/mol. The van der Waals surface area contributed by atoms with Crippen LogP contribution in [0.5, 0.6) is 0 Å². The van der Waals surface area contributed by atoms with E-state index in [1.165, 1.54) is 0 Å². The minimum absolute atomic E-state index is 0.219. The van der Waals surface area contributed by atoms with Crippen molar-refractivity contribution in [3.8, 4) is 0 Å². The first kappa shape index (κ1) is 9.28. The van der Waals surface area contributed by atoms with Crippen LogP contribution in [0.1, 0.15) is 0 Å². The summed E-state index contributed by atoms with van der Waals surface area (Å²) in [6, 6.07) is 0. The van der Waals surface area contributed by atoms with Crippen LogP contribution < -0.4 is 4.49 Å². The summed E-state index contributed by atoms with van der Waals surface area (Å²) >= 11 is -5.02. The van der Waals surface area contributed by atoms with E-state index in [1.54, 1.807) is 4.49 Å². The van der Waals surface area contributed by atoms with Gasteiger partial charge in [-0.25, -0.2) is 4.21 Å². The van der Waals surface area contributed by atoms with Gasteiger partial charge in [0.2, 0.25) is 0 Å². The van der Waals surface area contributed by atoms with E-state index in [4.69, 9.17) is 0 Å². The Kier molecular flexibility index (Phi) is 5.25. The molecule has 0 saturated heterocycles. The molecule has 0 rings (SSSR count). The standard InChI is InChI=1S/H3N2O4PS2/c3-8(4)1-7-2-9(5)6/h(H,1,2)(H,3,4)(H,5,6)/p-2. The highest BCUT2D eigenvalue weighted by molar-refractivity contribution is 7.84. The Bertz CT molecular complexity index is 155. The van der Waals surface area contributed by atoms with E-state index in [2.05, 4.69) is 4.15 Å². The van der Waals surface area contributed by atoms with Gasteiger partial charge in [-0.05, 0) is 0 Å². The van der Waals surface area contributed by atoms with Crippen LogP contribution in [0.3, 0.4) is 0 Å². The molecule has 2 atom stereocenters. The molecule has 6 nitrogen and oxygen atoms in total. The van der Waals surface area contributed by atoms with Gasteiger partial charge in [-0.2, -0.15) is 8.64 Å². The highest BCUT2D eigenvalue weighted by Gasteiger charge is 1.73. The Labute approximate surface area is 57.8 Å². The maximum atomic E-state index is 9.60. The molecule has 9 heavy (non-hydrogen) atoms. The van der Waals surface area contributed by atoms with Crippen LogP contribution in [-0.4, -0.2) is 17.5 Å². The summed E-state index contributed by atoms with van der Waals surface area (Å²) in [5.74, 6) is 0. The molecule has 0 fully saturated rings. The Morgan fingerprint density at radius 1 is 1.44 bits per heavy atom. The zero-order valence-electron chi connectivity index (χ0n) is 3.84. The molecule has 0 saturated carbocycles. The molecule has 9 heteroatoms. The van der Waals surface area contributed by atoms with Crippen molar-refractivity contribution >= 4 is 31.1 Å². The van der Waals surface area contributed by atoms with Crippen molar-refractivity contribution in [1.82, 2.24) is 4.49 Å². The lowest BCUT2D eigenvalue weighted by molar-refractivity contribution is 0.535. The maximum Gasteiger partial charge on any atom is 0.118 e. The lowest BCUT2D eigenvalue weighted by atomic mass is 13.9. The topological polar surface area (TPSA) is 105 Å². The van der Waals surface area contributed by atoms with Crippen molar-refractivity contribution in [2.75, 3.05) is 0 Å². The first-order chi connectivity index (χ1) is 4.13. The van der Waals surface area contributed by atoms with E-state index < -0.39 is 22.5 Å². The van der Waals surface area contributed by atoms with E-state index in [0.717, 1.165) is 0 Å². The molecule has 1 N–H and O–H groups in total. The Morgan fingerprint density at radius 2 is 2.00 bits per heavy atom. The second-order valence-corrected chi connectivity index (χ2v) is 3.21. The van der Waals surface area contributed by atoms with Crippen LogP contribution in [0.2, 0.25) is 0 Å². The molecule has 0 spiro atoms. The summed E-state index contributed by atoms with van der Waals surface area (Å²) in [7, 11) is -0.219. The van der Waals surface area contributed by atoms with E-state index in [1.807, 2.05) is 0 Å². The highest BCUT2D eigenvalue weighted by Crippen LogP contribution is 1.93. The van der Waals surface area contributed by atoms with Gasteiger partial charge < -0.3 is 9.11 Å². The van der Waals surface area contributed by atoms with Crippen LogP contribution >= 0.6 is 8.52 Å². The predicted octanol–water partition coefficient (Wildman–Crippen LogP) is -0.791. The second kappa shape index (κ2) is 5.10. The fraction of sp³-hybridized carbons (Fsp3) is 0. The van der Waals surface area contributed by atoms with Crippen LogP contribution in [0, 0.1) is 0 Å². The fourth-order valence-corrected chi connectivity index (χ4v) is 1.05. The van der Waals surface area contributed by atoms with E-state index in [0.29, 0.717) is 0 Å². The Hall–Kier alpha value is 0.280. The van der Waals surface area contributed by atoms with Crippen molar-refractivity contribution in [2.24, 2.45) is 4.15 Å². The molecule has 0 radical (unpaired) electrons. The Morgan fingerprint density at radius 3 is 2.33 bits per heavy atom. The van der Waals surface area contributed by atoms with Crippen LogP contribution in [-0.2, 0) is 22.5 Å². The average Bonchev–Trinajstić information content (AvgIpc) is 1.63. The maximum absolute atomic E-state index is 9.60. The third-order valence-corrected chi connectivity index (χ3v) is 2.01. The lowest BCUT2D eigenvalue weighted by Gasteiger charge is -1.98. The van der Waals surface area contributed by atoms with E-state index in [9.17, 15) is 17.5 Å². The molecule has 0 amide bonds. The molecule has 0 aliphatic heterocycles. The number of hydrogen-bond acceptors (Lipinski definition) is 4. The van der Waals surface area contributed by atoms with Crippen LogP contribution in [0.25, 0.3) is 0 Å². The Balaban J connectivity index is 3.48. The van der Waals surface area contributed by atoms with Gasteiger partial charge in [0.1, 0.15) is 8.52 Å². The van der Waals surface area contributed by atoms with Crippen molar-refractivity contribution in [1.29, 1.82) is 0 Å². The quantitative estimate of drug-likeness (QED) is 0.462. The predicted molar refractivity (Wildman–Crippen MR) is 30.3 cm³/mol. The van der Waals surface area contributed by atoms with Gasteiger partial charge >= 0.3 is 0 Å². The first-order valence-electron chi connectivity index (χ1n) is 1.48. The monoisotopic (exact) mass is 188 g/mol. The summed E-state index contributed by atoms with van der Waals surface area (Å²) < 4.78 is 42.8. The first-order valence-corrected chi connectivity index (χ1v) is 4.43. The largest absolute Gasteiger partial charge is 0.759 e. The van der Waals surface area contributed by atoms with Gasteiger partial charge in [-0.1, -0.05) is 0 Å². The summed E-state index contributed by atoms with van der Waals surface area (Å²) in [5, 5.41) is 0.